The zero-order valence-corrected chi connectivity index (χ0v) is 22.1. The van der Waals surface area contributed by atoms with Crippen LogP contribution in [-0.2, 0) is 12.8 Å². The Bertz CT molecular complexity index is 1500. The van der Waals surface area contributed by atoms with Gasteiger partial charge in [-0.1, -0.05) is 91.9 Å². The molecule has 1 atom stereocenters. The molecular formula is C34H34N2O2. The highest BCUT2D eigenvalue weighted by Gasteiger charge is 2.34. The van der Waals surface area contributed by atoms with Crippen LogP contribution in [0, 0.1) is 12.8 Å². The number of aliphatic hydroxyl groups excluding tert-OH is 1. The number of rotatable bonds is 9. The van der Waals surface area contributed by atoms with Crippen molar-refractivity contribution >= 4 is 22.3 Å². The van der Waals surface area contributed by atoms with Gasteiger partial charge in [0, 0.05) is 42.3 Å². The van der Waals surface area contributed by atoms with Gasteiger partial charge >= 0.3 is 0 Å². The van der Waals surface area contributed by atoms with Crippen molar-refractivity contribution in [3.8, 4) is 0 Å². The fourth-order valence-electron chi connectivity index (χ4n) is 5.29. The van der Waals surface area contributed by atoms with Gasteiger partial charge < -0.3 is 10.4 Å². The number of allylic oxidation sites excluding steroid dienone is 1. The Morgan fingerprint density at radius 2 is 1.50 bits per heavy atom. The fraction of sp³-hybridized carbons (Fsp3) is 0.235. The summed E-state index contributed by atoms with van der Waals surface area (Å²) in [5.74, 6) is -0.350. The van der Waals surface area contributed by atoms with Crippen LogP contribution in [0.1, 0.15) is 39.5 Å². The number of hydrogen-bond acceptors (Lipinski definition) is 4. The number of aliphatic imine (C=N–C) groups is 1. The predicted molar refractivity (Wildman–Crippen MR) is 156 cm³/mol. The molecule has 5 rings (SSSR count). The van der Waals surface area contributed by atoms with Crippen LogP contribution in [0.5, 0.6) is 0 Å². The molecule has 192 valence electrons. The van der Waals surface area contributed by atoms with Crippen LogP contribution in [0.3, 0.4) is 0 Å². The molecule has 4 heteroatoms. The summed E-state index contributed by atoms with van der Waals surface area (Å²) in [5, 5.41) is 15.9. The van der Waals surface area contributed by atoms with E-state index in [9.17, 15) is 9.90 Å². The number of carbonyl (C=O) groups excluding carboxylic acids is 1. The normalized spacial score (nSPS) is 15.1. The predicted octanol–water partition coefficient (Wildman–Crippen LogP) is 6.09. The summed E-state index contributed by atoms with van der Waals surface area (Å²) in [7, 11) is 0. The third-order valence-corrected chi connectivity index (χ3v) is 7.35. The molecule has 0 saturated carbocycles. The maximum atomic E-state index is 14.0. The molecule has 2 N–H and O–H groups in total. The zero-order valence-electron chi connectivity index (χ0n) is 22.1. The molecule has 4 nitrogen and oxygen atoms in total. The number of nitrogens with one attached hydrogen (secondary N) is 1. The Morgan fingerprint density at radius 3 is 2.18 bits per heavy atom. The zero-order chi connectivity index (χ0) is 26.5. The minimum Gasteiger partial charge on any atom is -0.396 e. The van der Waals surface area contributed by atoms with Gasteiger partial charge in [0.25, 0.3) is 0 Å². The molecule has 0 spiro atoms. The van der Waals surface area contributed by atoms with Crippen LogP contribution in [0.25, 0.3) is 10.8 Å². The number of Topliss-reactive ketones (excluding diaryl/α,β-unsaturated/α-hetero) is 1. The first-order valence-electron chi connectivity index (χ1n) is 13.4. The van der Waals surface area contributed by atoms with Gasteiger partial charge in [-0.2, -0.15) is 0 Å². The quantitative estimate of drug-likeness (QED) is 0.291. The minimum atomic E-state index is -0.317. The van der Waals surface area contributed by atoms with Crippen molar-refractivity contribution < 1.29 is 9.90 Å². The van der Waals surface area contributed by atoms with E-state index in [1.165, 1.54) is 16.7 Å². The van der Waals surface area contributed by atoms with Crippen molar-refractivity contribution in [1.29, 1.82) is 0 Å². The lowest BCUT2D eigenvalue weighted by Crippen LogP contribution is -2.35. The molecule has 4 aromatic carbocycles. The summed E-state index contributed by atoms with van der Waals surface area (Å²) in [4.78, 5) is 19.1. The van der Waals surface area contributed by atoms with E-state index < -0.39 is 0 Å². The molecule has 0 saturated heterocycles. The van der Waals surface area contributed by atoms with Crippen molar-refractivity contribution in [1.82, 2.24) is 5.32 Å². The Labute approximate surface area is 224 Å². The van der Waals surface area contributed by atoms with Crippen LogP contribution in [-0.4, -0.2) is 36.3 Å². The van der Waals surface area contributed by atoms with Crippen LogP contribution in [0.4, 0.5) is 0 Å². The molecule has 1 aliphatic rings. The second-order valence-electron chi connectivity index (χ2n) is 9.99. The monoisotopic (exact) mass is 502 g/mol. The Hall–Kier alpha value is -4.02. The lowest BCUT2D eigenvalue weighted by Gasteiger charge is -2.29. The summed E-state index contributed by atoms with van der Waals surface area (Å²) >= 11 is 0. The number of benzene rings is 4. The number of nitrogens with zero attached hydrogens (tertiary/aromatic N) is 1. The van der Waals surface area contributed by atoms with Crippen molar-refractivity contribution in [2.45, 2.75) is 26.7 Å². The van der Waals surface area contributed by atoms with Gasteiger partial charge in [-0.3, -0.25) is 9.79 Å². The topological polar surface area (TPSA) is 61.7 Å². The summed E-state index contributed by atoms with van der Waals surface area (Å²) in [5.41, 5.74) is 7.34. The highest BCUT2D eigenvalue weighted by Crippen LogP contribution is 2.35. The van der Waals surface area contributed by atoms with E-state index in [1.807, 2.05) is 61.5 Å². The molecule has 38 heavy (non-hydrogen) atoms. The Balaban J connectivity index is 1.62. The summed E-state index contributed by atoms with van der Waals surface area (Å²) in [6, 6.07) is 30.9. The number of aliphatic hydroxyl groups is 1. The largest absolute Gasteiger partial charge is 0.396 e. The molecule has 0 bridgehead atoms. The van der Waals surface area contributed by atoms with Crippen molar-refractivity contribution in [2.75, 3.05) is 19.7 Å². The van der Waals surface area contributed by atoms with Crippen LogP contribution >= 0.6 is 0 Å². The second kappa shape index (κ2) is 11.6. The molecule has 1 unspecified atom stereocenters. The number of ketones is 1. The van der Waals surface area contributed by atoms with Crippen molar-refractivity contribution in [3.05, 3.63) is 130 Å². The first kappa shape index (κ1) is 25.6. The number of hydrogen-bond donors (Lipinski definition) is 2. The average molecular weight is 503 g/mol. The van der Waals surface area contributed by atoms with Crippen molar-refractivity contribution in [2.24, 2.45) is 10.9 Å². The average Bonchev–Trinajstić information content (AvgIpc) is 2.95. The van der Waals surface area contributed by atoms with E-state index >= 15 is 0 Å². The molecule has 4 aromatic rings. The van der Waals surface area contributed by atoms with Gasteiger partial charge in [0.15, 0.2) is 5.78 Å². The van der Waals surface area contributed by atoms with Gasteiger partial charge in [-0.15, -0.1) is 0 Å². The molecule has 0 fully saturated rings. The minimum absolute atomic E-state index is 0.0332. The molecule has 0 radical (unpaired) electrons. The van der Waals surface area contributed by atoms with E-state index in [4.69, 9.17) is 4.99 Å². The third kappa shape index (κ3) is 5.18. The number of fused-ring (bicyclic) bond motifs is 3. The highest BCUT2D eigenvalue weighted by molar-refractivity contribution is 6.32. The molecule has 0 aliphatic heterocycles. The van der Waals surface area contributed by atoms with Crippen LogP contribution in [0.2, 0.25) is 0 Å². The molecule has 0 heterocycles. The van der Waals surface area contributed by atoms with Crippen LogP contribution < -0.4 is 5.32 Å². The van der Waals surface area contributed by atoms with Gasteiger partial charge in [-0.25, -0.2) is 0 Å². The standard InChI is InChI=1S/C34H34N2O2/c1-23-10-9-15-28-27(23)16-17-29-31(28)33(36-21-19-26-13-7-4-8-14-26)32(30(34(29)38)24(2)22-37)35-20-18-25-11-5-3-6-12-25/h3-17,24,35,37H,18-22H2,1-2H3. The molecular weight excluding hydrogens is 468 g/mol. The SMILES string of the molecule is Cc1cccc2c3c(ccc12)C(=O)C(C(C)CO)=C(NCCc1ccccc1)C3=NCCc1ccccc1. The van der Waals surface area contributed by atoms with Crippen LogP contribution in [0.15, 0.2) is 107 Å². The first-order chi connectivity index (χ1) is 18.6. The molecule has 0 amide bonds. The summed E-state index contributed by atoms with van der Waals surface area (Å²) in [6.07, 6.45) is 1.62. The van der Waals surface area contributed by atoms with E-state index in [-0.39, 0.29) is 18.3 Å². The molecule has 1 aliphatic carbocycles. The second-order valence-corrected chi connectivity index (χ2v) is 9.99. The van der Waals surface area contributed by atoms with E-state index in [0.717, 1.165) is 40.6 Å². The lowest BCUT2D eigenvalue weighted by atomic mass is 9.79. The van der Waals surface area contributed by atoms with Crippen molar-refractivity contribution in [3.63, 3.8) is 0 Å². The smallest absolute Gasteiger partial charge is 0.192 e. The summed E-state index contributed by atoms with van der Waals surface area (Å²) in [6.45, 7) is 5.15. The maximum absolute atomic E-state index is 14.0. The summed E-state index contributed by atoms with van der Waals surface area (Å²) < 4.78 is 0. The fourth-order valence-corrected chi connectivity index (χ4v) is 5.29. The van der Waals surface area contributed by atoms with Gasteiger partial charge in [0.2, 0.25) is 0 Å². The highest BCUT2D eigenvalue weighted by atomic mass is 16.3. The van der Waals surface area contributed by atoms with Gasteiger partial charge in [-0.05, 0) is 53.3 Å². The van der Waals surface area contributed by atoms with E-state index in [2.05, 4.69) is 48.6 Å². The first-order valence-corrected chi connectivity index (χ1v) is 13.4. The number of carbonyl (C=O) groups is 1. The number of aryl methyl sites for hydroxylation is 1. The Morgan fingerprint density at radius 1 is 0.816 bits per heavy atom. The van der Waals surface area contributed by atoms with E-state index in [1.54, 1.807) is 0 Å². The molecule has 0 aromatic heterocycles. The maximum Gasteiger partial charge on any atom is 0.192 e. The Kier molecular flexibility index (Phi) is 7.81. The van der Waals surface area contributed by atoms with E-state index in [0.29, 0.717) is 24.2 Å². The van der Waals surface area contributed by atoms with Gasteiger partial charge in [0.05, 0.1) is 11.4 Å². The third-order valence-electron chi connectivity index (χ3n) is 7.35. The lowest BCUT2D eigenvalue weighted by molar-refractivity contribution is 0.101. The van der Waals surface area contributed by atoms with Gasteiger partial charge in [0.1, 0.15) is 0 Å².